The maximum absolute atomic E-state index is 11.8. The van der Waals surface area contributed by atoms with Crippen molar-refractivity contribution >= 4 is 20.4 Å². The van der Waals surface area contributed by atoms with E-state index in [1.165, 1.54) is 6.08 Å². The van der Waals surface area contributed by atoms with Gasteiger partial charge in [-0.1, -0.05) is 6.07 Å². The lowest BCUT2D eigenvalue weighted by molar-refractivity contribution is -0.144. The van der Waals surface area contributed by atoms with Crippen molar-refractivity contribution in [2.75, 3.05) is 13.7 Å². The Kier molecular flexibility index (Phi) is 7.00. The van der Waals surface area contributed by atoms with Crippen LogP contribution in [0.5, 0.6) is 11.5 Å². The maximum Gasteiger partial charge on any atom is 0.332 e. The van der Waals surface area contributed by atoms with Gasteiger partial charge in [-0.15, -0.1) is 0 Å². The third kappa shape index (κ3) is 6.26. The van der Waals surface area contributed by atoms with Crippen LogP contribution in [0.25, 0.3) is 0 Å². The summed E-state index contributed by atoms with van der Waals surface area (Å²) in [4.78, 5) is 25.8. The van der Waals surface area contributed by atoms with Crippen LogP contribution in [0.3, 0.4) is 0 Å². The normalized spacial score (nSPS) is 12.0. The fourth-order valence-electron chi connectivity index (χ4n) is 1.96. The Morgan fingerprint density at radius 3 is 2.52 bits per heavy atom. The summed E-state index contributed by atoms with van der Waals surface area (Å²) < 4.78 is 16.2. The minimum absolute atomic E-state index is 0.232. The first-order valence-electron chi connectivity index (χ1n) is 7.40. The molecule has 0 fully saturated rings. The Bertz CT molecular complexity index is 591. The average molecular weight is 337 g/mol. The van der Waals surface area contributed by atoms with Gasteiger partial charge in [-0.3, -0.25) is 0 Å². The average Bonchev–Trinajstić information content (AvgIpc) is 2.47. The summed E-state index contributed by atoms with van der Waals surface area (Å²) >= 11 is 0. The number of nitrogens with zero attached hydrogens (tertiary/aromatic N) is 1. The van der Waals surface area contributed by atoms with Crippen LogP contribution in [0.4, 0.5) is 0 Å². The van der Waals surface area contributed by atoms with E-state index in [-0.39, 0.29) is 13.0 Å². The number of esters is 1. The molecule has 0 aliphatic heterocycles. The van der Waals surface area contributed by atoms with Gasteiger partial charge in [0, 0.05) is 6.42 Å². The third-order valence-corrected chi connectivity index (χ3v) is 3.67. The van der Waals surface area contributed by atoms with Crippen LogP contribution in [0, 0.1) is 0 Å². The van der Waals surface area contributed by atoms with Crippen LogP contribution in [0.2, 0.25) is 19.6 Å². The molecule has 0 saturated carbocycles. The van der Waals surface area contributed by atoms with Gasteiger partial charge in [-0.2, -0.15) is 4.99 Å². The summed E-state index contributed by atoms with van der Waals surface area (Å²) in [6.45, 7) is 8.17. The maximum atomic E-state index is 11.8. The Morgan fingerprint density at radius 2 is 2.00 bits per heavy atom. The predicted octanol–water partition coefficient (Wildman–Crippen LogP) is 2.72. The van der Waals surface area contributed by atoms with Gasteiger partial charge in [-0.05, 0) is 44.3 Å². The first-order valence-corrected chi connectivity index (χ1v) is 10.8. The molecule has 0 spiro atoms. The van der Waals surface area contributed by atoms with Crippen molar-refractivity contribution < 1.29 is 23.5 Å². The van der Waals surface area contributed by atoms with E-state index in [9.17, 15) is 9.59 Å². The highest BCUT2D eigenvalue weighted by molar-refractivity contribution is 6.70. The Hall–Kier alpha value is -2.11. The Balaban J connectivity index is 2.99. The molecule has 1 aromatic rings. The van der Waals surface area contributed by atoms with Crippen LogP contribution in [0.1, 0.15) is 12.5 Å². The number of benzene rings is 1. The minimum Gasteiger partial charge on any atom is -0.542 e. The van der Waals surface area contributed by atoms with Gasteiger partial charge in [0.2, 0.25) is 14.4 Å². The summed E-state index contributed by atoms with van der Waals surface area (Å²) in [5, 5.41) is 0. The molecule has 1 rings (SSSR count). The van der Waals surface area contributed by atoms with Crippen LogP contribution in [-0.2, 0) is 20.7 Å². The molecule has 126 valence electrons. The third-order valence-electron chi connectivity index (χ3n) is 2.84. The first-order chi connectivity index (χ1) is 10.8. The number of carbonyl (C=O) groups is 1. The van der Waals surface area contributed by atoms with E-state index in [2.05, 4.69) is 24.6 Å². The van der Waals surface area contributed by atoms with E-state index >= 15 is 0 Å². The molecular weight excluding hydrogens is 314 g/mol. The molecule has 0 amide bonds. The van der Waals surface area contributed by atoms with Gasteiger partial charge in [0.1, 0.15) is 5.75 Å². The molecule has 0 aromatic heterocycles. The Morgan fingerprint density at radius 1 is 1.30 bits per heavy atom. The van der Waals surface area contributed by atoms with Gasteiger partial charge < -0.3 is 13.9 Å². The highest BCUT2D eigenvalue weighted by Crippen LogP contribution is 2.30. The molecule has 0 radical (unpaired) electrons. The molecule has 0 N–H and O–H groups in total. The second-order valence-electron chi connectivity index (χ2n) is 5.89. The lowest BCUT2D eigenvalue weighted by Crippen LogP contribution is -2.29. The van der Waals surface area contributed by atoms with E-state index < -0.39 is 20.3 Å². The second-order valence-corrected chi connectivity index (χ2v) is 10.3. The van der Waals surface area contributed by atoms with Crippen LogP contribution < -0.4 is 9.16 Å². The molecule has 1 atom stereocenters. The number of isocyanates is 1. The second kappa shape index (κ2) is 8.50. The quantitative estimate of drug-likeness (QED) is 0.315. The number of hydrogen-bond acceptors (Lipinski definition) is 6. The standard InChI is InChI=1S/C16H23NO5Si/c1-6-21-16(19)13(17-11-18)9-12-7-8-14(15(10-12)20-2)22-23(3,4)5/h7-8,10,13H,6,9H2,1-5H3. The zero-order valence-corrected chi connectivity index (χ0v) is 15.2. The molecule has 0 bridgehead atoms. The van der Waals surface area contributed by atoms with E-state index in [1.807, 2.05) is 6.07 Å². The fraction of sp³-hybridized carbons (Fsp3) is 0.500. The molecule has 0 heterocycles. The predicted molar refractivity (Wildman–Crippen MR) is 89.2 cm³/mol. The van der Waals surface area contributed by atoms with Crippen molar-refractivity contribution in [3.63, 3.8) is 0 Å². The first kappa shape index (κ1) is 18.9. The number of rotatable bonds is 8. The molecule has 1 aromatic carbocycles. The SMILES string of the molecule is CCOC(=O)C(Cc1ccc(O[Si](C)(C)C)c(OC)c1)N=C=O. The molecule has 0 saturated heterocycles. The van der Waals surface area contributed by atoms with Crippen LogP contribution in [-0.4, -0.2) is 40.1 Å². The lowest BCUT2D eigenvalue weighted by atomic mass is 10.1. The summed E-state index contributed by atoms with van der Waals surface area (Å²) in [7, 11) is -0.202. The van der Waals surface area contributed by atoms with Crippen LogP contribution in [0.15, 0.2) is 23.2 Å². The number of methoxy groups -OCH3 is 1. The van der Waals surface area contributed by atoms with Crippen molar-refractivity contribution in [3.8, 4) is 11.5 Å². The zero-order valence-electron chi connectivity index (χ0n) is 14.2. The van der Waals surface area contributed by atoms with Crippen molar-refractivity contribution in [1.29, 1.82) is 0 Å². The molecule has 0 aliphatic rings. The van der Waals surface area contributed by atoms with Crippen molar-refractivity contribution in [1.82, 2.24) is 0 Å². The molecule has 23 heavy (non-hydrogen) atoms. The zero-order chi connectivity index (χ0) is 17.5. The van der Waals surface area contributed by atoms with Gasteiger partial charge in [-0.25, -0.2) is 9.59 Å². The monoisotopic (exact) mass is 337 g/mol. The smallest absolute Gasteiger partial charge is 0.332 e. The lowest BCUT2D eigenvalue weighted by Gasteiger charge is -2.21. The fourth-order valence-corrected chi connectivity index (χ4v) is 2.79. The molecule has 0 aliphatic carbocycles. The van der Waals surface area contributed by atoms with E-state index in [1.54, 1.807) is 26.2 Å². The van der Waals surface area contributed by atoms with Gasteiger partial charge in [0.15, 0.2) is 11.8 Å². The highest BCUT2D eigenvalue weighted by atomic mass is 28.4. The molecule has 6 nitrogen and oxygen atoms in total. The molecule has 7 heteroatoms. The highest BCUT2D eigenvalue weighted by Gasteiger charge is 2.22. The van der Waals surface area contributed by atoms with Crippen LogP contribution >= 0.6 is 0 Å². The summed E-state index contributed by atoms with van der Waals surface area (Å²) in [5.74, 6) is 0.710. The largest absolute Gasteiger partial charge is 0.542 e. The number of hydrogen-bond donors (Lipinski definition) is 0. The Labute approximate surface area is 137 Å². The number of ether oxygens (including phenoxy) is 2. The summed E-state index contributed by atoms with van der Waals surface area (Å²) in [5.41, 5.74) is 0.793. The van der Waals surface area contributed by atoms with Crippen molar-refractivity contribution in [2.24, 2.45) is 4.99 Å². The van der Waals surface area contributed by atoms with Gasteiger partial charge in [0.25, 0.3) is 0 Å². The van der Waals surface area contributed by atoms with Gasteiger partial charge in [0.05, 0.1) is 13.7 Å². The van der Waals surface area contributed by atoms with Crippen molar-refractivity contribution in [2.45, 2.75) is 39.0 Å². The summed E-state index contributed by atoms with van der Waals surface area (Å²) in [6.07, 6.45) is 1.66. The van der Waals surface area contributed by atoms with E-state index in [0.717, 1.165) is 5.56 Å². The molecular formula is C16H23NO5Si. The minimum atomic E-state index is -1.76. The van der Waals surface area contributed by atoms with Gasteiger partial charge >= 0.3 is 5.97 Å². The summed E-state index contributed by atoms with van der Waals surface area (Å²) in [6, 6.07) is 4.51. The number of aliphatic imine (C=N–C) groups is 1. The van der Waals surface area contributed by atoms with E-state index in [4.69, 9.17) is 13.9 Å². The van der Waals surface area contributed by atoms with Crippen molar-refractivity contribution in [3.05, 3.63) is 23.8 Å². The number of carbonyl (C=O) groups excluding carboxylic acids is 2. The topological polar surface area (TPSA) is 74.2 Å². The molecule has 1 unspecified atom stereocenters. The van der Waals surface area contributed by atoms with E-state index in [0.29, 0.717) is 11.5 Å².